The molecule has 0 saturated carbocycles. The Labute approximate surface area is 137 Å². The molecule has 0 aliphatic heterocycles. The highest BCUT2D eigenvalue weighted by Gasteiger charge is 2.18. The Balaban J connectivity index is 1.98. The van der Waals surface area contributed by atoms with E-state index < -0.39 is 0 Å². The highest BCUT2D eigenvalue weighted by Crippen LogP contribution is 2.29. The molecule has 0 heterocycles. The van der Waals surface area contributed by atoms with Crippen LogP contribution < -0.4 is 5.32 Å². The summed E-state index contributed by atoms with van der Waals surface area (Å²) in [7, 11) is 0. The molecule has 0 spiro atoms. The van der Waals surface area contributed by atoms with Gasteiger partial charge in [0.2, 0.25) is 5.91 Å². The molecule has 2 rings (SSSR count). The Morgan fingerprint density at radius 2 is 1.86 bits per heavy atom. The average molecular weight is 313 g/mol. The van der Waals surface area contributed by atoms with Gasteiger partial charge < -0.3 is 5.32 Å². The molecule has 0 radical (unpaired) electrons. The van der Waals surface area contributed by atoms with Gasteiger partial charge in [-0.2, -0.15) is 0 Å². The summed E-state index contributed by atoms with van der Waals surface area (Å²) in [6, 6.07) is 16.4. The minimum absolute atomic E-state index is 0.0517. The van der Waals surface area contributed by atoms with Gasteiger partial charge in [-0.25, -0.2) is 0 Å². The van der Waals surface area contributed by atoms with Crippen molar-refractivity contribution in [1.82, 2.24) is 5.32 Å². The van der Waals surface area contributed by atoms with Crippen molar-refractivity contribution >= 4 is 17.7 Å². The highest BCUT2D eigenvalue weighted by atomic mass is 32.2. The van der Waals surface area contributed by atoms with E-state index >= 15 is 0 Å². The number of hydrogen-bond donors (Lipinski definition) is 1. The molecule has 0 aliphatic rings. The quantitative estimate of drug-likeness (QED) is 0.796. The van der Waals surface area contributed by atoms with Crippen LogP contribution in [0.4, 0.5) is 0 Å². The van der Waals surface area contributed by atoms with Gasteiger partial charge in [0, 0.05) is 11.4 Å². The fourth-order valence-electron chi connectivity index (χ4n) is 2.21. The van der Waals surface area contributed by atoms with Crippen molar-refractivity contribution in [2.45, 2.75) is 43.9 Å². The number of amides is 1. The largest absolute Gasteiger partial charge is 0.351 e. The number of carbonyl (C=O) groups excluding carboxylic acids is 1. The summed E-state index contributed by atoms with van der Waals surface area (Å²) < 4.78 is 0. The van der Waals surface area contributed by atoms with Crippen LogP contribution in [0.25, 0.3) is 0 Å². The van der Waals surface area contributed by atoms with Crippen molar-refractivity contribution < 1.29 is 4.79 Å². The fourth-order valence-corrected chi connectivity index (χ4v) is 3.38. The van der Waals surface area contributed by atoms with E-state index in [0.717, 1.165) is 12.0 Å². The lowest BCUT2D eigenvalue weighted by Crippen LogP contribution is -2.31. The first kappa shape index (κ1) is 16.6. The Morgan fingerprint density at radius 3 is 2.55 bits per heavy atom. The standard InChI is InChI=1S/C19H23NOS/c1-4-17(22-18-12-14(2)10-11-15(18)3)19(21)20-13-16-8-6-5-7-9-16/h5-12,17H,4,13H2,1-3H3,(H,20,21). The van der Waals surface area contributed by atoms with Gasteiger partial charge in [0.1, 0.15) is 0 Å². The van der Waals surface area contributed by atoms with E-state index in [1.165, 1.54) is 16.0 Å². The van der Waals surface area contributed by atoms with Crippen LogP contribution in [0.15, 0.2) is 53.4 Å². The monoisotopic (exact) mass is 313 g/mol. The fraction of sp³-hybridized carbons (Fsp3) is 0.316. The summed E-state index contributed by atoms with van der Waals surface area (Å²) in [6.45, 7) is 6.82. The van der Waals surface area contributed by atoms with Gasteiger partial charge in [-0.05, 0) is 37.5 Å². The number of carbonyl (C=O) groups is 1. The molecule has 116 valence electrons. The molecule has 2 nitrogen and oxygen atoms in total. The second-order valence-corrected chi connectivity index (χ2v) is 6.73. The van der Waals surface area contributed by atoms with E-state index in [1.807, 2.05) is 30.3 Å². The summed E-state index contributed by atoms with van der Waals surface area (Å²) in [5, 5.41) is 2.99. The topological polar surface area (TPSA) is 29.1 Å². The van der Waals surface area contributed by atoms with E-state index in [2.05, 4.69) is 44.3 Å². The summed E-state index contributed by atoms with van der Waals surface area (Å²) in [4.78, 5) is 13.6. The van der Waals surface area contributed by atoms with Gasteiger partial charge in [-0.15, -0.1) is 11.8 Å². The lowest BCUT2D eigenvalue weighted by molar-refractivity contribution is -0.120. The summed E-state index contributed by atoms with van der Waals surface area (Å²) >= 11 is 1.66. The summed E-state index contributed by atoms with van der Waals surface area (Å²) in [5.41, 5.74) is 3.58. The second-order valence-electron chi connectivity index (χ2n) is 5.49. The van der Waals surface area contributed by atoms with Crippen LogP contribution >= 0.6 is 11.8 Å². The van der Waals surface area contributed by atoms with Gasteiger partial charge in [0.05, 0.1) is 5.25 Å². The SMILES string of the molecule is CCC(Sc1cc(C)ccc1C)C(=O)NCc1ccccc1. The van der Waals surface area contributed by atoms with Crippen molar-refractivity contribution in [3.63, 3.8) is 0 Å². The second kappa shape index (κ2) is 8.04. The van der Waals surface area contributed by atoms with Crippen molar-refractivity contribution in [1.29, 1.82) is 0 Å². The maximum atomic E-state index is 12.4. The molecule has 1 amide bonds. The van der Waals surface area contributed by atoms with Gasteiger partial charge in [0.25, 0.3) is 0 Å². The van der Waals surface area contributed by atoms with Crippen molar-refractivity contribution in [3.05, 3.63) is 65.2 Å². The molecule has 2 aromatic carbocycles. The molecule has 3 heteroatoms. The van der Waals surface area contributed by atoms with Crippen LogP contribution in [-0.2, 0) is 11.3 Å². The molecule has 0 fully saturated rings. The molecule has 0 aliphatic carbocycles. The molecule has 0 bridgehead atoms. The number of aryl methyl sites for hydroxylation is 2. The molecular weight excluding hydrogens is 290 g/mol. The van der Waals surface area contributed by atoms with Crippen molar-refractivity contribution in [3.8, 4) is 0 Å². The van der Waals surface area contributed by atoms with E-state index in [4.69, 9.17) is 0 Å². The van der Waals surface area contributed by atoms with Crippen molar-refractivity contribution in [2.75, 3.05) is 0 Å². The van der Waals surface area contributed by atoms with Crippen LogP contribution in [0.1, 0.15) is 30.0 Å². The first-order chi connectivity index (χ1) is 10.6. The minimum atomic E-state index is -0.0517. The zero-order chi connectivity index (χ0) is 15.9. The summed E-state index contributed by atoms with van der Waals surface area (Å²) in [5.74, 6) is 0.109. The Bertz CT molecular complexity index is 625. The molecule has 2 aromatic rings. The number of hydrogen-bond acceptors (Lipinski definition) is 2. The molecule has 22 heavy (non-hydrogen) atoms. The summed E-state index contributed by atoms with van der Waals surface area (Å²) in [6.07, 6.45) is 0.818. The normalized spacial score (nSPS) is 12.0. The molecule has 1 unspecified atom stereocenters. The van der Waals surface area contributed by atoms with E-state index in [0.29, 0.717) is 6.54 Å². The van der Waals surface area contributed by atoms with Crippen LogP contribution in [0.5, 0.6) is 0 Å². The van der Waals surface area contributed by atoms with Gasteiger partial charge in [-0.3, -0.25) is 4.79 Å². The van der Waals surface area contributed by atoms with Gasteiger partial charge in [0.15, 0.2) is 0 Å². The number of rotatable bonds is 6. The average Bonchev–Trinajstić information content (AvgIpc) is 2.54. The lowest BCUT2D eigenvalue weighted by Gasteiger charge is -2.16. The molecule has 1 atom stereocenters. The third kappa shape index (κ3) is 4.63. The number of benzene rings is 2. The Morgan fingerprint density at radius 1 is 1.14 bits per heavy atom. The molecule has 0 aromatic heterocycles. The maximum absolute atomic E-state index is 12.4. The lowest BCUT2D eigenvalue weighted by atomic mass is 10.2. The van der Waals surface area contributed by atoms with E-state index in [1.54, 1.807) is 11.8 Å². The smallest absolute Gasteiger partial charge is 0.233 e. The third-order valence-electron chi connectivity index (χ3n) is 3.59. The van der Waals surface area contributed by atoms with E-state index in [-0.39, 0.29) is 11.2 Å². The first-order valence-electron chi connectivity index (χ1n) is 7.65. The Hall–Kier alpha value is -1.74. The predicted octanol–water partition coefficient (Wildman–Crippen LogP) is 4.49. The highest BCUT2D eigenvalue weighted by molar-refractivity contribution is 8.00. The van der Waals surface area contributed by atoms with Gasteiger partial charge >= 0.3 is 0 Å². The zero-order valence-corrected chi connectivity index (χ0v) is 14.2. The third-order valence-corrected chi connectivity index (χ3v) is 5.11. The molecular formula is C19H23NOS. The van der Waals surface area contributed by atoms with Crippen LogP contribution in [0, 0.1) is 13.8 Å². The van der Waals surface area contributed by atoms with Crippen LogP contribution in [0.3, 0.4) is 0 Å². The van der Waals surface area contributed by atoms with Crippen LogP contribution in [0.2, 0.25) is 0 Å². The zero-order valence-electron chi connectivity index (χ0n) is 13.4. The first-order valence-corrected chi connectivity index (χ1v) is 8.53. The Kier molecular flexibility index (Phi) is 6.08. The minimum Gasteiger partial charge on any atom is -0.351 e. The molecule has 0 saturated heterocycles. The van der Waals surface area contributed by atoms with E-state index in [9.17, 15) is 4.79 Å². The maximum Gasteiger partial charge on any atom is 0.233 e. The predicted molar refractivity (Wildman–Crippen MR) is 94.1 cm³/mol. The van der Waals surface area contributed by atoms with Gasteiger partial charge in [-0.1, -0.05) is 55.0 Å². The number of nitrogens with one attached hydrogen (secondary N) is 1. The molecule has 1 N–H and O–H groups in total. The van der Waals surface area contributed by atoms with Crippen LogP contribution in [-0.4, -0.2) is 11.2 Å². The van der Waals surface area contributed by atoms with Crippen molar-refractivity contribution in [2.24, 2.45) is 0 Å². The number of thioether (sulfide) groups is 1.